The topological polar surface area (TPSA) is 23.6 Å². The van der Waals surface area contributed by atoms with Crippen LogP contribution in [0.1, 0.15) is 36.7 Å². The molecule has 0 saturated carbocycles. The van der Waals surface area contributed by atoms with Gasteiger partial charge in [0.2, 0.25) is 0 Å². The second kappa shape index (κ2) is 7.77. The van der Waals surface area contributed by atoms with E-state index in [2.05, 4.69) is 49.8 Å². The van der Waals surface area contributed by atoms with Crippen LogP contribution in [-0.2, 0) is 5.41 Å². The van der Waals surface area contributed by atoms with Gasteiger partial charge in [0, 0.05) is 31.7 Å². The number of likely N-dealkylation sites (N-methyl/N-ethyl adjacent to an activating group) is 1. The molecular weight excluding hydrogens is 324 g/mol. The van der Waals surface area contributed by atoms with E-state index in [1.54, 1.807) is 0 Å². The van der Waals surface area contributed by atoms with Crippen LogP contribution in [-0.4, -0.2) is 58.9 Å². The molecule has 0 amide bonds. The summed E-state index contributed by atoms with van der Waals surface area (Å²) in [5.74, 6) is 0.562. The number of Topliss-reactive ketones (excluding diaryl/α,β-unsaturated/α-hetero) is 1. The van der Waals surface area contributed by atoms with Crippen LogP contribution in [0.2, 0.25) is 0 Å². The molecule has 126 valence electrons. The van der Waals surface area contributed by atoms with Gasteiger partial charge in [-0.25, -0.2) is 0 Å². The highest BCUT2D eigenvalue weighted by molar-refractivity contribution is 8.23. The van der Waals surface area contributed by atoms with Crippen molar-refractivity contribution in [2.45, 2.75) is 26.2 Å². The number of thiocarbonyl (C=S) groups is 1. The maximum atomic E-state index is 12.3. The normalized spacial score (nSPS) is 16.4. The number of piperazine rings is 1. The van der Waals surface area contributed by atoms with Gasteiger partial charge in [0.25, 0.3) is 0 Å². The first kappa shape index (κ1) is 18.4. The Morgan fingerprint density at radius 3 is 2.22 bits per heavy atom. The molecular formula is C18H26N2OS2. The van der Waals surface area contributed by atoms with Crippen LogP contribution in [0.25, 0.3) is 0 Å². The second-order valence-corrected chi connectivity index (χ2v) is 8.70. The zero-order chi connectivity index (χ0) is 17.0. The second-order valence-electron chi connectivity index (χ2n) is 7.10. The first-order chi connectivity index (χ1) is 10.8. The summed E-state index contributed by atoms with van der Waals surface area (Å²) in [7, 11) is 2.12. The lowest BCUT2D eigenvalue weighted by Crippen LogP contribution is -2.45. The number of benzene rings is 1. The van der Waals surface area contributed by atoms with Crippen molar-refractivity contribution in [2.24, 2.45) is 0 Å². The van der Waals surface area contributed by atoms with Gasteiger partial charge in [-0.3, -0.25) is 4.79 Å². The first-order valence-electron chi connectivity index (χ1n) is 8.01. The van der Waals surface area contributed by atoms with E-state index < -0.39 is 0 Å². The first-order valence-corrected chi connectivity index (χ1v) is 9.41. The molecule has 1 aliphatic rings. The fraction of sp³-hybridized carbons (Fsp3) is 0.556. The Hall–Kier alpha value is -0.910. The van der Waals surface area contributed by atoms with Crippen molar-refractivity contribution in [3.63, 3.8) is 0 Å². The highest BCUT2D eigenvalue weighted by atomic mass is 32.2. The van der Waals surface area contributed by atoms with Crippen molar-refractivity contribution in [3.05, 3.63) is 35.4 Å². The highest BCUT2D eigenvalue weighted by Crippen LogP contribution is 2.23. The molecule has 0 N–H and O–H groups in total. The zero-order valence-electron chi connectivity index (χ0n) is 14.5. The number of thioether (sulfide) groups is 1. The average Bonchev–Trinajstić information content (AvgIpc) is 2.52. The van der Waals surface area contributed by atoms with Crippen molar-refractivity contribution in [1.82, 2.24) is 9.80 Å². The highest BCUT2D eigenvalue weighted by Gasteiger charge is 2.18. The summed E-state index contributed by atoms with van der Waals surface area (Å²) in [6.07, 6.45) is 0. The lowest BCUT2D eigenvalue weighted by molar-refractivity contribution is 0.102. The molecule has 23 heavy (non-hydrogen) atoms. The molecule has 0 atom stereocenters. The third-order valence-electron chi connectivity index (χ3n) is 4.16. The van der Waals surface area contributed by atoms with Crippen molar-refractivity contribution in [2.75, 3.05) is 39.0 Å². The Bertz CT molecular complexity index is 555. The van der Waals surface area contributed by atoms with Crippen LogP contribution in [0.5, 0.6) is 0 Å². The fourth-order valence-corrected chi connectivity index (χ4v) is 3.59. The molecule has 1 saturated heterocycles. The van der Waals surface area contributed by atoms with Crippen molar-refractivity contribution >= 4 is 34.1 Å². The molecule has 0 aliphatic carbocycles. The molecule has 1 fully saturated rings. The largest absolute Gasteiger partial charge is 0.355 e. The van der Waals surface area contributed by atoms with Crippen molar-refractivity contribution in [3.8, 4) is 0 Å². The standard InChI is InChI=1S/C18H26N2OS2/c1-18(2,3)15-7-5-14(6-8-15)16(21)13-23-17(22)20-11-9-19(4)10-12-20/h5-8H,9-13H2,1-4H3. The van der Waals surface area contributed by atoms with Gasteiger partial charge in [-0.2, -0.15) is 0 Å². The minimum Gasteiger partial charge on any atom is -0.355 e. The van der Waals surface area contributed by atoms with E-state index in [1.165, 1.54) is 17.3 Å². The van der Waals surface area contributed by atoms with E-state index >= 15 is 0 Å². The molecule has 1 heterocycles. The summed E-state index contributed by atoms with van der Waals surface area (Å²) in [6, 6.07) is 7.97. The van der Waals surface area contributed by atoms with Gasteiger partial charge in [0.1, 0.15) is 4.32 Å². The van der Waals surface area contributed by atoms with Crippen LogP contribution in [0.3, 0.4) is 0 Å². The minimum atomic E-state index is 0.110. The lowest BCUT2D eigenvalue weighted by atomic mass is 9.86. The summed E-state index contributed by atoms with van der Waals surface area (Å²) >= 11 is 6.95. The fourth-order valence-electron chi connectivity index (χ4n) is 2.45. The van der Waals surface area contributed by atoms with E-state index in [1.807, 2.05) is 12.1 Å². The molecule has 1 aromatic rings. The van der Waals surface area contributed by atoms with Gasteiger partial charge in [-0.15, -0.1) is 0 Å². The summed E-state index contributed by atoms with van der Waals surface area (Å²) in [6.45, 7) is 10.5. The van der Waals surface area contributed by atoms with Crippen LogP contribution in [0.4, 0.5) is 0 Å². The molecule has 2 rings (SSSR count). The van der Waals surface area contributed by atoms with E-state index in [-0.39, 0.29) is 11.2 Å². The maximum absolute atomic E-state index is 12.3. The summed E-state index contributed by atoms with van der Waals surface area (Å²) < 4.78 is 0.845. The Morgan fingerprint density at radius 1 is 1.13 bits per heavy atom. The number of hydrogen-bond acceptors (Lipinski definition) is 4. The van der Waals surface area contributed by atoms with Crippen LogP contribution < -0.4 is 0 Å². The molecule has 1 aliphatic heterocycles. The van der Waals surface area contributed by atoms with E-state index in [4.69, 9.17) is 12.2 Å². The predicted molar refractivity (Wildman–Crippen MR) is 104 cm³/mol. The van der Waals surface area contributed by atoms with Crippen molar-refractivity contribution in [1.29, 1.82) is 0 Å². The van der Waals surface area contributed by atoms with E-state index in [9.17, 15) is 4.79 Å². The summed E-state index contributed by atoms with van der Waals surface area (Å²) in [4.78, 5) is 16.8. The maximum Gasteiger partial charge on any atom is 0.173 e. The van der Waals surface area contributed by atoms with E-state index in [0.29, 0.717) is 5.75 Å². The lowest BCUT2D eigenvalue weighted by Gasteiger charge is -2.33. The number of hydrogen-bond donors (Lipinski definition) is 0. The van der Waals surface area contributed by atoms with Crippen LogP contribution >= 0.6 is 24.0 Å². The monoisotopic (exact) mass is 350 g/mol. The number of rotatable bonds is 3. The van der Waals surface area contributed by atoms with Gasteiger partial charge in [-0.05, 0) is 18.0 Å². The van der Waals surface area contributed by atoms with Crippen LogP contribution in [0.15, 0.2) is 24.3 Å². The average molecular weight is 351 g/mol. The molecule has 0 radical (unpaired) electrons. The van der Waals surface area contributed by atoms with E-state index in [0.717, 1.165) is 36.1 Å². The van der Waals surface area contributed by atoms with Crippen LogP contribution in [0, 0.1) is 0 Å². The smallest absolute Gasteiger partial charge is 0.173 e. The molecule has 0 spiro atoms. The zero-order valence-corrected chi connectivity index (χ0v) is 16.1. The number of carbonyl (C=O) groups excluding carboxylic acids is 1. The molecule has 1 aromatic carbocycles. The quantitative estimate of drug-likeness (QED) is 0.614. The SMILES string of the molecule is CN1CCN(C(=S)SCC(=O)c2ccc(C(C)(C)C)cc2)CC1. The van der Waals surface area contributed by atoms with Gasteiger partial charge in [0.15, 0.2) is 5.78 Å². The molecule has 0 aromatic heterocycles. The third kappa shape index (κ3) is 5.30. The molecule has 5 heteroatoms. The predicted octanol–water partition coefficient (Wildman–Crippen LogP) is 3.43. The molecule has 0 unspecified atom stereocenters. The van der Waals surface area contributed by atoms with Crippen molar-refractivity contribution < 1.29 is 4.79 Å². The number of carbonyl (C=O) groups is 1. The Labute approximate surface area is 149 Å². The summed E-state index contributed by atoms with van der Waals surface area (Å²) in [5.41, 5.74) is 2.13. The molecule has 0 bridgehead atoms. The Morgan fingerprint density at radius 2 is 1.70 bits per heavy atom. The Balaban J connectivity index is 1.86. The van der Waals surface area contributed by atoms with Gasteiger partial charge in [-0.1, -0.05) is 69.0 Å². The minimum absolute atomic E-state index is 0.110. The van der Waals surface area contributed by atoms with Gasteiger partial charge in [0.05, 0.1) is 5.75 Å². The molecule has 3 nitrogen and oxygen atoms in total. The van der Waals surface area contributed by atoms with Gasteiger partial charge < -0.3 is 9.80 Å². The number of nitrogens with zero attached hydrogens (tertiary/aromatic N) is 2. The number of ketones is 1. The third-order valence-corrected chi connectivity index (χ3v) is 5.68. The van der Waals surface area contributed by atoms with Gasteiger partial charge >= 0.3 is 0 Å². The Kier molecular flexibility index (Phi) is 6.23. The summed E-state index contributed by atoms with van der Waals surface area (Å²) in [5, 5.41) is 0.